The lowest BCUT2D eigenvalue weighted by Crippen LogP contribution is -2.31. The van der Waals surface area contributed by atoms with Crippen LogP contribution in [0.2, 0.25) is 5.02 Å². The number of nitrogens with one attached hydrogen (secondary N) is 1. The maximum Gasteiger partial charge on any atom is 0.313 e. The van der Waals surface area contributed by atoms with Crippen LogP contribution in [-0.2, 0) is 16.0 Å². The molecule has 0 radical (unpaired) electrons. The highest BCUT2D eigenvalue weighted by atomic mass is 35.5. The number of rotatable bonds is 4. The van der Waals surface area contributed by atoms with E-state index in [1.54, 1.807) is 0 Å². The number of carbonyl (C=O) groups excluding carboxylic acids is 2. The molecule has 1 N–H and O–H groups in total. The Morgan fingerprint density at radius 1 is 1.41 bits per heavy atom. The number of cyclic esters (lactones) is 1. The lowest BCUT2D eigenvalue weighted by Gasteiger charge is -2.24. The van der Waals surface area contributed by atoms with Gasteiger partial charge in [0.2, 0.25) is 0 Å². The Bertz CT molecular complexity index is 933. The van der Waals surface area contributed by atoms with Gasteiger partial charge in [-0.25, -0.2) is 0 Å². The Kier molecular flexibility index (Phi) is 4.60. The zero-order chi connectivity index (χ0) is 19.2. The maximum atomic E-state index is 12.4. The first kappa shape index (κ1) is 18.3. The third-order valence-corrected chi connectivity index (χ3v) is 7.24. The van der Waals surface area contributed by atoms with Crippen molar-refractivity contribution < 1.29 is 14.3 Å². The van der Waals surface area contributed by atoms with Gasteiger partial charge < -0.3 is 10.1 Å². The first-order chi connectivity index (χ1) is 12.9. The number of halogens is 1. The van der Waals surface area contributed by atoms with Crippen molar-refractivity contribution in [3.05, 3.63) is 62.8 Å². The Morgan fingerprint density at radius 2 is 2.15 bits per heavy atom. The van der Waals surface area contributed by atoms with Crippen LogP contribution in [0.25, 0.3) is 0 Å². The summed E-state index contributed by atoms with van der Waals surface area (Å²) in [6.07, 6.45) is 2.20. The standard InChI is InChI=1S/C21H20ClNO3S/c1-12-7-15-10-26-20(25)21(15,8-12)9-14-3-5-16(6-4-14)23-19(24)18-17(22)13(2)11-27-18/h3-6,11,15H,1,7-10H2,2H3,(H,23,24). The van der Waals surface area contributed by atoms with E-state index in [2.05, 4.69) is 11.9 Å². The van der Waals surface area contributed by atoms with Crippen LogP contribution < -0.4 is 5.32 Å². The van der Waals surface area contributed by atoms with Gasteiger partial charge in [-0.2, -0.15) is 0 Å². The molecule has 0 bridgehead atoms. The maximum absolute atomic E-state index is 12.4. The van der Waals surface area contributed by atoms with Crippen molar-refractivity contribution >= 4 is 40.5 Å². The van der Waals surface area contributed by atoms with Gasteiger partial charge in [0, 0.05) is 11.6 Å². The molecule has 2 unspecified atom stereocenters. The van der Waals surface area contributed by atoms with Gasteiger partial charge in [0.1, 0.15) is 4.88 Å². The molecule has 2 aliphatic rings. The van der Waals surface area contributed by atoms with E-state index in [0.29, 0.717) is 35.0 Å². The van der Waals surface area contributed by atoms with Gasteiger partial charge in [0.15, 0.2) is 0 Å². The highest BCUT2D eigenvalue weighted by Gasteiger charge is 2.55. The average molecular weight is 402 g/mol. The minimum absolute atomic E-state index is 0.105. The van der Waals surface area contributed by atoms with Crippen LogP contribution in [0.1, 0.15) is 33.6 Å². The summed E-state index contributed by atoms with van der Waals surface area (Å²) in [5.41, 5.74) is 3.31. The van der Waals surface area contributed by atoms with Crippen molar-refractivity contribution in [1.82, 2.24) is 0 Å². The fourth-order valence-electron chi connectivity index (χ4n) is 4.10. The number of allylic oxidation sites excluding steroid dienone is 1. The monoisotopic (exact) mass is 401 g/mol. The van der Waals surface area contributed by atoms with Crippen LogP contribution in [0.15, 0.2) is 41.8 Å². The molecule has 1 aliphatic carbocycles. The third kappa shape index (κ3) is 3.19. The highest BCUT2D eigenvalue weighted by molar-refractivity contribution is 7.13. The van der Waals surface area contributed by atoms with Crippen molar-refractivity contribution in [3.8, 4) is 0 Å². The Hall–Kier alpha value is -2.11. The molecular weight excluding hydrogens is 382 g/mol. The van der Waals surface area contributed by atoms with Crippen LogP contribution in [-0.4, -0.2) is 18.5 Å². The first-order valence-electron chi connectivity index (χ1n) is 8.87. The second kappa shape index (κ2) is 6.80. The molecular formula is C21H20ClNO3S. The summed E-state index contributed by atoms with van der Waals surface area (Å²) in [5, 5.41) is 5.24. The number of aryl methyl sites for hydroxylation is 1. The minimum atomic E-state index is -0.468. The van der Waals surface area contributed by atoms with Crippen molar-refractivity contribution in [2.24, 2.45) is 11.3 Å². The predicted molar refractivity (Wildman–Crippen MR) is 107 cm³/mol. The number of benzene rings is 1. The number of hydrogen-bond acceptors (Lipinski definition) is 4. The number of fused-ring (bicyclic) bond motifs is 1. The topological polar surface area (TPSA) is 55.4 Å². The summed E-state index contributed by atoms with van der Waals surface area (Å²) < 4.78 is 5.33. The molecule has 2 fully saturated rings. The number of thiophene rings is 1. The van der Waals surface area contributed by atoms with Gasteiger partial charge in [0.25, 0.3) is 5.91 Å². The van der Waals surface area contributed by atoms with Gasteiger partial charge >= 0.3 is 5.97 Å². The van der Waals surface area contributed by atoms with Crippen LogP contribution in [0.3, 0.4) is 0 Å². The fourth-order valence-corrected chi connectivity index (χ4v) is 5.28. The summed E-state index contributed by atoms with van der Waals surface area (Å²) in [7, 11) is 0. The van der Waals surface area contributed by atoms with Crippen molar-refractivity contribution in [1.29, 1.82) is 0 Å². The largest absolute Gasteiger partial charge is 0.465 e. The van der Waals surface area contributed by atoms with E-state index < -0.39 is 5.41 Å². The Labute approximate surface area is 167 Å². The second-order valence-electron chi connectivity index (χ2n) is 7.47. The molecule has 1 aliphatic heterocycles. The summed E-state index contributed by atoms with van der Waals surface area (Å²) >= 11 is 7.50. The van der Waals surface area contributed by atoms with Gasteiger partial charge in [-0.1, -0.05) is 35.9 Å². The molecule has 1 saturated carbocycles. The molecule has 4 nitrogen and oxygen atoms in total. The lowest BCUT2D eigenvalue weighted by molar-refractivity contribution is -0.146. The highest BCUT2D eigenvalue weighted by Crippen LogP contribution is 2.52. The zero-order valence-corrected chi connectivity index (χ0v) is 16.6. The van der Waals surface area contributed by atoms with Crippen molar-refractivity contribution in [2.75, 3.05) is 11.9 Å². The molecule has 2 atom stereocenters. The molecule has 1 amide bonds. The van der Waals surface area contributed by atoms with Gasteiger partial charge in [-0.05, 0) is 54.8 Å². The number of hydrogen-bond donors (Lipinski definition) is 1. The Balaban J connectivity index is 1.48. The third-order valence-electron chi connectivity index (χ3n) is 5.54. The van der Waals surface area contributed by atoms with Gasteiger partial charge in [-0.15, -0.1) is 11.3 Å². The van der Waals surface area contributed by atoms with E-state index in [1.165, 1.54) is 11.3 Å². The fraction of sp³-hybridized carbons (Fsp3) is 0.333. The van der Waals surface area contributed by atoms with E-state index in [-0.39, 0.29) is 17.8 Å². The lowest BCUT2D eigenvalue weighted by atomic mass is 9.75. The molecule has 140 valence electrons. The molecule has 4 rings (SSSR count). The van der Waals surface area contributed by atoms with E-state index in [0.717, 1.165) is 23.1 Å². The molecule has 2 aromatic rings. The molecule has 1 aromatic carbocycles. The molecule has 1 aromatic heterocycles. The summed E-state index contributed by atoms with van der Waals surface area (Å²) in [6, 6.07) is 7.62. The molecule has 0 spiro atoms. The van der Waals surface area contributed by atoms with E-state index in [1.807, 2.05) is 36.6 Å². The Morgan fingerprint density at radius 3 is 2.81 bits per heavy atom. The summed E-state index contributed by atoms with van der Waals surface area (Å²) in [5.74, 6) is -0.0942. The molecule has 6 heteroatoms. The van der Waals surface area contributed by atoms with E-state index in [9.17, 15) is 9.59 Å². The van der Waals surface area contributed by atoms with Crippen molar-refractivity contribution in [3.63, 3.8) is 0 Å². The first-order valence-corrected chi connectivity index (χ1v) is 10.1. The minimum Gasteiger partial charge on any atom is -0.465 e. The SMILES string of the molecule is C=C1CC2COC(=O)C2(Cc2ccc(NC(=O)c3scc(C)c3Cl)cc2)C1. The van der Waals surface area contributed by atoms with Gasteiger partial charge in [-0.3, -0.25) is 9.59 Å². The summed E-state index contributed by atoms with van der Waals surface area (Å²) in [6.45, 7) is 6.45. The van der Waals surface area contributed by atoms with Gasteiger partial charge in [0.05, 0.1) is 17.0 Å². The van der Waals surface area contributed by atoms with Crippen LogP contribution in [0, 0.1) is 18.3 Å². The molecule has 1 saturated heterocycles. The number of amides is 1. The normalized spacial score (nSPS) is 24.0. The zero-order valence-electron chi connectivity index (χ0n) is 15.0. The number of ether oxygens (including phenoxy) is 1. The van der Waals surface area contributed by atoms with Crippen LogP contribution in [0.5, 0.6) is 0 Å². The second-order valence-corrected chi connectivity index (χ2v) is 8.73. The van der Waals surface area contributed by atoms with Crippen molar-refractivity contribution in [2.45, 2.75) is 26.2 Å². The predicted octanol–water partition coefficient (Wildman–Crippen LogP) is 5.01. The summed E-state index contributed by atoms with van der Waals surface area (Å²) in [4.78, 5) is 25.3. The number of esters is 1. The average Bonchev–Trinajstić information content (AvgIpc) is 3.23. The number of carbonyl (C=O) groups is 2. The van der Waals surface area contributed by atoms with E-state index >= 15 is 0 Å². The van der Waals surface area contributed by atoms with E-state index in [4.69, 9.17) is 16.3 Å². The van der Waals surface area contributed by atoms with Crippen LogP contribution >= 0.6 is 22.9 Å². The molecule has 2 heterocycles. The quantitative estimate of drug-likeness (QED) is 0.578. The smallest absolute Gasteiger partial charge is 0.313 e. The molecule has 27 heavy (non-hydrogen) atoms. The number of anilines is 1. The van der Waals surface area contributed by atoms with Crippen LogP contribution in [0.4, 0.5) is 5.69 Å².